The lowest BCUT2D eigenvalue weighted by molar-refractivity contribution is 0.679. The number of nitrogens with zero attached hydrogens (tertiary/aromatic N) is 1. The van der Waals surface area contributed by atoms with Gasteiger partial charge < -0.3 is 10.6 Å². The Hall–Kier alpha value is -2.14. The molecule has 2 aromatic rings. The molecule has 4 nitrogen and oxygen atoms in total. The van der Waals surface area contributed by atoms with Crippen LogP contribution in [0.1, 0.15) is 24.0 Å². The third-order valence-electron chi connectivity index (χ3n) is 3.96. The van der Waals surface area contributed by atoms with Gasteiger partial charge in [0.05, 0.1) is 0 Å². The first-order valence-electron chi connectivity index (χ1n) is 8.57. The average Bonchev–Trinajstić information content (AvgIpc) is 2.65. The molecule has 0 aliphatic heterocycles. The monoisotopic (exact) mass is 357 g/mol. The van der Waals surface area contributed by atoms with Crippen LogP contribution in [0.15, 0.2) is 65.7 Å². The van der Waals surface area contributed by atoms with Crippen LogP contribution >= 0.6 is 0 Å². The highest BCUT2D eigenvalue weighted by atomic mass is 32.2. The maximum atomic E-state index is 12.1. The summed E-state index contributed by atoms with van der Waals surface area (Å²) in [5.41, 5.74) is 2.41. The summed E-state index contributed by atoms with van der Waals surface area (Å²) in [4.78, 5) is 4.23. The Balaban J connectivity index is 1.69. The smallest absolute Gasteiger partial charge is 0.191 e. The second-order valence-electron chi connectivity index (χ2n) is 5.97. The van der Waals surface area contributed by atoms with E-state index in [0.717, 1.165) is 18.1 Å². The Morgan fingerprint density at radius 2 is 1.68 bits per heavy atom. The fourth-order valence-corrected chi connectivity index (χ4v) is 3.52. The maximum absolute atomic E-state index is 12.1. The standard InChI is InChI=1S/C20H27N3OS/c1-17(19-11-7-4-8-12-19)15-23-20(21-2)22-13-14-25(24)16-18-9-5-3-6-10-18/h3-12,17H,13-16H2,1-2H3,(H2,21,22,23). The molecule has 2 unspecified atom stereocenters. The largest absolute Gasteiger partial charge is 0.356 e. The van der Waals surface area contributed by atoms with Crippen molar-refractivity contribution in [2.75, 3.05) is 25.9 Å². The summed E-state index contributed by atoms with van der Waals surface area (Å²) in [5, 5.41) is 6.57. The minimum Gasteiger partial charge on any atom is -0.356 e. The fraction of sp³-hybridized carbons (Fsp3) is 0.350. The van der Waals surface area contributed by atoms with E-state index < -0.39 is 10.8 Å². The van der Waals surface area contributed by atoms with Gasteiger partial charge in [0.2, 0.25) is 0 Å². The van der Waals surface area contributed by atoms with Gasteiger partial charge in [-0.05, 0) is 17.0 Å². The highest BCUT2D eigenvalue weighted by Gasteiger charge is 2.07. The zero-order chi connectivity index (χ0) is 17.9. The third-order valence-corrected chi connectivity index (χ3v) is 5.28. The van der Waals surface area contributed by atoms with E-state index in [4.69, 9.17) is 0 Å². The van der Waals surface area contributed by atoms with Gasteiger partial charge in [0, 0.05) is 42.4 Å². The number of hydrogen-bond acceptors (Lipinski definition) is 2. The Labute approximate surface area is 153 Å². The molecule has 0 saturated carbocycles. The Kier molecular flexibility index (Phi) is 8.19. The van der Waals surface area contributed by atoms with E-state index in [-0.39, 0.29) is 0 Å². The van der Waals surface area contributed by atoms with Crippen LogP contribution in [0, 0.1) is 0 Å². The lowest BCUT2D eigenvalue weighted by atomic mass is 10.0. The first kappa shape index (κ1) is 19.2. The number of rotatable bonds is 8. The van der Waals surface area contributed by atoms with E-state index in [0.29, 0.717) is 24.0 Å². The molecule has 2 rings (SSSR count). The first-order chi connectivity index (χ1) is 12.2. The summed E-state index contributed by atoms with van der Waals surface area (Å²) < 4.78 is 12.1. The van der Waals surface area contributed by atoms with Crippen LogP contribution in [0.4, 0.5) is 0 Å². The van der Waals surface area contributed by atoms with Gasteiger partial charge in [-0.15, -0.1) is 0 Å². The fourth-order valence-electron chi connectivity index (χ4n) is 2.49. The van der Waals surface area contributed by atoms with E-state index in [9.17, 15) is 4.21 Å². The summed E-state index contributed by atoms with van der Waals surface area (Å²) in [5.74, 6) is 2.34. The first-order valence-corrected chi connectivity index (χ1v) is 10.1. The predicted molar refractivity (Wildman–Crippen MR) is 107 cm³/mol. The topological polar surface area (TPSA) is 53.5 Å². The van der Waals surface area contributed by atoms with E-state index in [1.165, 1.54) is 5.56 Å². The predicted octanol–water partition coefficient (Wildman–Crippen LogP) is 2.90. The molecule has 25 heavy (non-hydrogen) atoms. The molecule has 0 spiro atoms. The van der Waals surface area contributed by atoms with Gasteiger partial charge in [-0.1, -0.05) is 67.6 Å². The van der Waals surface area contributed by atoms with Crippen molar-refractivity contribution in [3.05, 3.63) is 71.8 Å². The van der Waals surface area contributed by atoms with Crippen molar-refractivity contribution in [1.29, 1.82) is 0 Å². The van der Waals surface area contributed by atoms with E-state index >= 15 is 0 Å². The molecule has 0 fully saturated rings. The quantitative estimate of drug-likeness (QED) is 0.564. The molecule has 134 valence electrons. The normalized spacial score (nSPS) is 13.9. The van der Waals surface area contributed by atoms with Crippen molar-refractivity contribution in [1.82, 2.24) is 10.6 Å². The average molecular weight is 358 g/mol. The Bertz CT molecular complexity index is 674. The van der Waals surface area contributed by atoms with Crippen molar-refractivity contribution in [3.8, 4) is 0 Å². The van der Waals surface area contributed by atoms with Crippen molar-refractivity contribution in [2.24, 2.45) is 4.99 Å². The number of hydrogen-bond donors (Lipinski definition) is 2. The molecule has 0 bridgehead atoms. The molecule has 0 aromatic heterocycles. The Morgan fingerprint density at radius 1 is 1.04 bits per heavy atom. The summed E-state index contributed by atoms with van der Waals surface area (Å²) in [6.07, 6.45) is 0. The van der Waals surface area contributed by atoms with Crippen LogP contribution in [0.5, 0.6) is 0 Å². The van der Waals surface area contributed by atoms with Crippen LogP contribution in [0.3, 0.4) is 0 Å². The van der Waals surface area contributed by atoms with E-state index in [1.807, 2.05) is 36.4 Å². The lowest BCUT2D eigenvalue weighted by Gasteiger charge is -2.16. The zero-order valence-corrected chi connectivity index (χ0v) is 15.8. The van der Waals surface area contributed by atoms with Crippen molar-refractivity contribution in [2.45, 2.75) is 18.6 Å². The van der Waals surface area contributed by atoms with Crippen LogP contribution < -0.4 is 10.6 Å². The van der Waals surface area contributed by atoms with Crippen LogP contribution in [0.25, 0.3) is 0 Å². The molecule has 0 heterocycles. The van der Waals surface area contributed by atoms with Gasteiger partial charge in [0.25, 0.3) is 0 Å². The highest BCUT2D eigenvalue weighted by molar-refractivity contribution is 7.84. The molecular formula is C20H27N3OS. The molecule has 2 N–H and O–H groups in total. The van der Waals surface area contributed by atoms with Crippen molar-refractivity contribution in [3.63, 3.8) is 0 Å². The van der Waals surface area contributed by atoms with Gasteiger partial charge >= 0.3 is 0 Å². The van der Waals surface area contributed by atoms with E-state index in [2.05, 4.69) is 46.8 Å². The highest BCUT2D eigenvalue weighted by Crippen LogP contribution is 2.12. The molecule has 2 atom stereocenters. The summed E-state index contributed by atoms with van der Waals surface area (Å²) in [6.45, 7) is 3.63. The third kappa shape index (κ3) is 7.10. The van der Waals surface area contributed by atoms with Crippen molar-refractivity contribution < 1.29 is 4.21 Å². The van der Waals surface area contributed by atoms with Crippen LogP contribution in [-0.2, 0) is 16.6 Å². The maximum Gasteiger partial charge on any atom is 0.191 e. The molecule has 0 radical (unpaired) electrons. The molecule has 0 aliphatic rings. The summed E-state index contributed by atoms with van der Waals surface area (Å²) in [6, 6.07) is 20.4. The molecule has 0 amide bonds. The lowest BCUT2D eigenvalue weighted by Crippen LogP contribution is -2.40. The van der Waals surface area contributed by atoms with Crippen molar-refractivity contribution >= 4 is 16.8 Å². The van der Waals surface area contributed by atoms with Gasteiger partial charge in [0.1, 0.15) is 0 Å². The van der Waals surface area contributed by atoms with Gasteiger partial charge in [-0.2, -0.15) is 0 Å². The number of guanidine groups is 1. The minimum absolute atomic E-state index is 0.395. The second kappa shape index (κ2) is 10.7. The number of benzene rings is 2. The number of aliphatic imine (C=N–C) groups is 1. The molecule has 5 heteroatoms. The van der Waals surface area contributed by atoms with Gasteiger partial charge in [-0.25, -0.2) is 0 Å². The summed E-state index contributed by atoms with van der Waals surface area (Å²) >= 11 is 0. The molecule has 0 aliphatic carbocycles. The van der Waals surface area contributed by atoms with Crippen LogP contribution in [-0.4, -0.2) is 36.1 Å². The van der Waals surface area contributed by atoms with E-state index in [1.54, 1.807) is 7.05 Å². The van der Waals surface area contributed by atoms with Gasteiger partial charge in [-0.3, -0.25) is 9.20 Å². The molecular weight excluding hydrogens is 330 g/mol. The minimum atomic E-state index is -0.877. The second-order valence-corrected chi connectivity index (χ2v) is 7.54. The van der Waals surface area contributed by atoms with Crippen LogP contribution in [0.2, 0.25) is 0 Å². The number of nitrogens with one attached hydrogen (secondary N) is 2. The zero-order valence-electron chi connectivity index (χ0n) is 14.9. The molecule has 2 aromatic carbocycles. The SMILES string of the molecule is CN=C(NCCS(=O)Cc1ccccc1)NCC(C)c1ccccc1. The molecule has 0 saturated heterocycles. The Morgan fingerprint density at radius 3 is 2.32 bits per heavy atom. The van der Waals surface area contributed by atoms with Gasteiger partial charge in [0.15, 0.2) is 5.96 Å². The summed E-state index contributed by atoms with van der Waals surface area (Å²) in [7, 11) is 0.876.